The van der Waals surface area contributed by atoms with Crippen LogP contribution in [0, 0.1) is 0 Å². The average molecular weight is 277 g/mol. The number of fused-ring (bicyclic) bond motifs is 1. The van der Waals surface area contributed by atoms with Crippen molar-refractivity contribution in [1.82, 2.24) is 4.90 Å². The zero-order chi connectivity index (χ0) is 14.7. The van der Waals surface area contributed by atoms with E-state index in [4.69, 9.17) is 9.84 Å². The molecular weight excluding hydrogens is 258 g/mol. The number of aromatic carboxylic acids is 1. The fourth-order valence-electron chi connectivity index (χ4n) is 2.52. The molecule has 0 spiro atoms. The summed E-state index contributed by atoms with van der Waals surface area (Å²) in [4.78, 5) is 25.0. The zero-order valence-electron chi connectivity index (χ0n) is 11.8. The number of carbonyl (C=O) groups excluding carboxylic acids is 1. The monoisotopic (exact) mass is 277 g/mol. The highest BCUT2D eigenvalue weighted by Crippen LogP contribution is 2.21. The first kappa shape index (κ1) is 14.5. The van der Waals surface area contributed by atoms with Crippen LogP contribution in [0.15, 0.2) is 18.2 Å². The van der Waals surface area contributed by atoms with Crippen molar-refractivity contribution in [2.24, 2.45) is 0 Å². The molecule has 0 fully saturated rings. The Labute approximate surface area is 118 Å². The number of carboxylic acid groups (broad SMARTS) is 1. The lowest BCUT2D eigenvalue weighted by molar-refractivity contribution is -0.143. The number of carbonyl (C=O) groups is 2. The van der Waals surface area contributed by atoms with E-state index in [9.17, 15) is 9.59 Å². The second kappa shape index (κ2) is 6.05. The summed E-state index contributed by atoms with van der Waals surface area (Å²) in [5.41, 5.74) is 2.29. The minimum Gasteiger partial charge on any atom is -0.478 e. The third kappa shape index (κ3) is 2.82. The first-order valence-corrected chi connectivity index (χ1v) is 6.73. The van der Waals surface area contributed by atoms with E-state index in [0.29, 0.717) is 19.5 Å². The molecule has 1 N–H and O–H groups in total. The average Bonchev–Trinajstić information content (AvgIpc) is 2.47. The Balaban J connectivity index is 2.19. The normalized spacial score (nSPS) is 15.6. The van der Waals surface area contributed by atoms with Gasteiger partial charge in [-0.15, -0.1) is 0 Å². The van der Waals surface area contributed by atoms with Gasteiger partial charge in [0.25, 0.3) is 5.91 Å². The first-order chi connectivity index (χ1) is 9.56. The molecule has 0 saturated carbocycles. The molecule has 1 aromatic rings. The lowest BCUT2D eigenvalue weighted by Crippen LogP contribution is -2.42. The minimum atomic E-state index is -0.945. The van der Waals surface area contributed by atoms with E-state index in [1.54, 1.807) is 17.0 Å². The summed E-state index contributed by atoms with van der Waals surface area (Å²) in [6, 6.07) is 5.11. The van der Waals surface area contributed by atoms with Crippen LogP contribution < -0.4 is 0 Å². The van der Waals surface area contributed by atoms with Gasteiger partial charge in [-0.1, -0.05) is 13.0 Å². The van der Waals surface area contributed by atoms with Crippen molar-refractivity contribution in [3.8, 4) is 0 Å². The fourth-order valence-corrected chi connectivity index (χ4v) is 2.52. The first-order valence-electron chi connectivity index (χ1n) is 6.73. The van der Waals surface area contributed by atoms with Crippen molar-refractivity contribution in [3.05, 3.63) is 34.9 Å². The van der Waals surface area contributed by atoms with Gasteiger partial charge in [0.15, 0.2) is 0 Å². The summed E-state index contributed by atoms with van der Waals surface area (Å²) in [6.45, 7) is 3.01. The van der Waals surface area contributed by atoms with Gasteiger partial charge in [0.1, 0.15) is 6.10 Å². The molecule has 5 nitrogen and oxygen atoms in total. The van der Waals surface area contributed by atoms with Gasteiger partial charge in [-0.3, -0.25) is 4.79 Å². The summed E-state index contributed by atoms with van der Waals surface area (Å²) in [6.07, 6.45) is 0.967. The maximum absolute atomic E-state index is 12.3. The number of hydrogen-bond acceptors (Lipinski definition) is 3. The van der Waals surface area contributed by atoms with E-state index in [2.05, 4.69) is 0 Å². The van der Waals surface area contributed by atoms with E-state index in [-0.39, 0.29) is 11.5 Å². The third-order valence-electron chi connectivity index (χ3n) is 3.71. The molecule has 1 amide bonds. The predicted octanol–water partition coefficient (Wildman–Crippen LogP) is 1.69. The van der Waals surface area contributed by atoms with Crippen LogP contribution in [0.5, 0.6) is 0 Å². The second-order valence-corrected chi connectivity index (χ2v) is 4.93. The van der Waals surface area contributed by atoms with Crippen LogP contribution in [-0.2, 0) is 22.5 Å². The molecule has 0 aromatic heterocycles. The van der Waals surface area contributed by atoms with Crippen LogP contribution in [0.3, 0.4) is 0 Å². The molecule has 0 saturated heterocycles. The largest absolute Gasteiger partial charge is 0.478 e. The highest BCUT2D eigenvalue weighted by atomic mass is 16.5. The number of nitrogens with zero attached hydrogens (tertiary/aromatic N) is 1. The molecule has 108 valence electrons. The van der Waals surface area contributed by atoms with Gasteiger partial charge in [-0.05, 0) is 36.1 Å². The van der Waals surface area contributed by atoms with Gasteiger partial charge in [-0.25, -0.2) is 4.79 Å². The van der Waals surface area contributed by atoms with Crippen LogP contribution in [-0.4, -0.2) is 41.6 Å². The Kier molecular flexibility index (Phi) is 4.39. The quantitative estimate of drug-likeness (QED) is 0.909. The molecule has 0 radical (unpaired) electrons. The van der Waals surface area contributed by atoms with Crippen LogP contribution in [0.4, 0.5) is 0 Å². The van der Waals surface area contributed by atoms with Gasteiger partial charge >= 0.3 is 5.97 Å². The Morgan fingerprint density at radius 2 is 2.15 bits per heavy atom. The molecular formula is C15H19NO4. The van der Waals surface area contributed by atoms with Crippen molar-refractivity contribution >= 4 is 11.9 Å². The Hall–Kier alpha value is -1.88. The lowest BCUT2D eigenvalue weighted by Gasteiger charge is -2.31. The topological polar surface area (TPSA) is 66.8 Å². The number of rotatable bonds is 4. The molecule has 1 aliphatic rings. The Morgan fingerprint density at radius 3 is 2.75 bits per heavy atom. The highest BCUT2D eigenvalue weighted by Gasteiger charge is 2.26. The Bertz CT molecular complexity index is 523. The summed E-state index contributed by atoms with van der Waals surface area (Å²) >= 11 is 0. The Morgan fingerprint density at radius 1 is 1.40 bits per heavy atom. The molecule has 1 atom stereocenters. The van der Waals surface area contributed by atoms with E-state index in [1.165, 1.54) is 7.11 Å². The van der Waals surface area contributed by atoms with Gasteiger partial charge in [0, 0.05) is 20.2 Å². The highest BCUT2D eigenvalue weighted by molar-refractivity contribution is 5.88. The van der Waals surface area contributed by atoms with Crippen molar-refractivity contribution in [2.45, 2.75) is 32.4 Å². The summed E-state index contributed by atoms with van der Waals surface area (Å²) in [7, 11) is 1.53. The zero-order valence-corrected chi connectivity index (χ0v) is 11.8. The number of hydrogen-bond donors (Lipinski definition) is 1. The number of amides is 1. The third-order valence-corrected chi connectivity index (χ3v) is 3.71. The number of carboxylic acids is 1. The molecule has 0 aliphatic carbocycles. The van der Waals surface area contributed by atoms with E-state index in [1.807, 2.05) is 13.0 Å². The van der Waals surface area contributed by atoms with Crippen LogP contribution in [0.2, 0.25) is 0 Å². The minimum absolute atomic E-state index is 0.0265. The predicted molar refractivity (Wildman–Crippen MR) is 73.6 cm³/mol. The molecule has 1 aliphatic heterocycles. The van der Waals surface area contributed by atoms with Gasteiger partial charge in [0.05, 0.1) is 5.56 Å². The number of ether oxygens (including phenoxy) is 1. The van der Waals surface area contributed by atoms with Crippen molar-refractivity contribution < 1.29 is 19.4 Å². The SMILES string of the molecule is CCC(OC)C(=O)N1CCc2ccc(C(=O)O)cc2C1. The summed E-state index contributed by atoms with van der Waals surface area (Å²) in [5, 5.41) is 9.03. The molecule has 2 rings (SSSR count). The maximum Gasteiger partial charge on any atom is 0.335 e. The fraction of sp³-hybridized carbons (Fsp3) is 0.467. The van der Waals surface area contributed by atoms with Crippen molar-refractivity contribution in [1.29, 1.82) is 0 Å². The van der Waals surface area contributed by atoms with Crippen molar-refractivity contribution in [3.63, 3.8) is 0 Å². The maximum atomic E-state index is 12.3. The molecule has 1 heterocycles. The molecule has 1 unspecified atom stereocenters. The smallest absolute Gasteiger partial charge is 0.335 e. The lowest BCUT2D eigenvalue weighted by atomic mass is 9.97. The summed E-state index contributed by atoms with van der Waals surface area (Å²) in [5.74, 6) is -0.971. The van der Waals surface area contributed by atoms with Crippen LogP contribution >= 0.6 is 0 Å². The molecule has 1 aromatic carbocycles. The number of methoxy groups -OCH3 is 1. The molecule has 5 heteroatoms. The van der Waals surface area contributed by atoms with Crippen LogP contribution in [0.25, 0.3) is 0 Å². The van der Waals surface area contributed by atoms with Gasteiger partial charge in [0.2, 0.25) is 0 Å². The van der Waals surface area contributed by atoms with E-state index in [0.717, 1.165) is 17.5 Å². The standard InChI is InChI=1S/C15H19NO4/c1-3-13(20-2)14(17)16-7-6-10-4-5-11(15(18)19)8-12(10)9-16/h4-5,8,13H,3,6-7,9H2,1-2H3,(H,18,19). The van der Waals surface area contributed by atoms with E-state index < -0.39 is 12.1 Å². The molecule has 0 bridgehead atoms. The van der Waals surface area contributed by atoms with Crippen LogP contribution in [0.1, 0.15) is 34.8 Å². The van der Waals surface area contributed by atoms with Gasteiger partial charge < -0.3 is 14.7 Å². The second-order valence-electron chi connectivity index (χ2n) is 4.93. The summed E-state index contributed by atoms with van der Waals surface area (Å²) < 4.78 is 5.18. The molecule has 20 heavy (non-hydrogen) atoms. The van der Waals surface area contributed by atoms with Crippen molar-refractivity contribution in [2.75, 3.05) is 13.7 Å². The number of benzene rings is 1. The van der Waals surface area contributed by atoms with Gasteiger partial charge in [-0.2, -0.15) is 0 Å². The van der Waals surface area contributed by atoms with E-state index >= 15 is 0 Å².